The number of nitrogens with one attached hydrogen (secondary N) is 2. The lowest BCUT2D eigenvalue weighted by atomic mass is 9.96. The summed E-state index contributed by atoms with van der Waals surface area (Å²) < 4.78 is 5.20. The third-order valence-corrected chi connectivity index (χ3v) is 5.09. The Morgan fingerprint density at radius 3 is 2.66 bits per heavy atom. The highest BCUT2D eigenvalue weighted by molar-refractivity contribution is 6.34. The molecule has 0 bridgehead atoms. The SMILES string of the molecule is O=C(CN1CCC(C(=O)NCc2ccco2)CC1)Nc1ccc([N+](=O)[O-])cc1Cl. The highest BCUT2D eigenvalue weighted by atomic mass is 35.5. The van der Waals surface area contributed by atoms with Gasteiger partial charge < -0.3 is 15.1 Å². The van der Waals surface area contributed by atoms with Crippen molar-refractivity contribution in [2.24, 2.45) is 5.92 Å². The van der Waals surface area contributed by atoms with Crippen LogP contribution in [0.15, 0.2) is 41.0 Å². The third-order valence-electron chi connectivity index (χ3n) is 4.78. The fraction of sp³-hybridized carbons (Fsp3) is 0.368. The third kappa shape index (κ3) is 5.78. The molecular weight excluding hydrogens is 400 g/mol. The smallest absolute Gasteiger partial charge is 0.271 e. The molecule has 1 aromatic heterocycles. The van der Waals surface area contributed by atoms with E-state index in [0.717, 1.165) is 0 Å². The summed E-state index contributed by atoms with van der Waals surface area (Å²) in [5.74, 6) is 0.343. The van der Waals surface area contributed by atoms with E-state index in [4.69, 9.17) is 16.0 Å². The van der Waals surface area contributed by atoms with Gasteiger partial charge in [0.25, 0.3) is 5.69 Å². The Labute approximate surface area is 172 Å². The van der Waals surface area contributed by atoms with Crippen molar-refractivity contribution in [3.8, 4) is 0 Å². The van der Waals surface area contributed by atoms with Gasteiger partial charge >= 0.3 is 0 Å². The summed E-state index contributed by atoms with van der Waals surface area (Å²) in [5.41, 5.74) is 0.190. The van der Waals surface area contributed by atoms with Gasteiger partial charge in [0.05, 0.1) is 35.0 Å². The zero-order valence-corrected chi connectivity index (χ0v) is 16.4. The standard InChI is InChI=1S/C19H21ClN4O5/c20-16-10-14(24(27)28)3-4-17(16)22-18(25)12-23-7-5-13(6-8-23)19(26)21-11-15-2-1-9-29-15/h1-4,9-10,13H,5-8,11-12H2,(H,21,26)(H,22,25). The van der Waals surface area contributed by atoms with Crippen LogP contribution in [0.3, 0.4) is 0 Å². The summed E-state index contributed by atoms with van der Waals surface area (Å²) in [6.45, 7) is 1.78. The van der Waals surface area contributed by atoms with Crippen molar-refractivity contribution in [3.63, 3.8) is 0 Å². The number of nitro benzene ring substituents is 1. The molecule has 3 rings (SSSR count). The van der Waals surface area contributed by atoms with Gasteiger partial charge in [-0.15, -0.1) is 0 Å². The van der Waals surface area contributed by atoms with Crippen LogP contribution in [-0.4, -0.2) is 41.3 Å². The molecule has 2 heterocycles. The number of benzene rings is 1. The molecule has 154 valence electrons. The minimum absolute atomic E-state index is 0.0110. The number of carbonyl (C=O) groups is 2. The van der Waals surface area contributed by atoms with E-state index in [-0.39, 0.29) is 35.0 Å². The van der Waals surface area contributed by atoms with E-state index in [0.29, 0.717) is 43.9 Å². The summed E-state index contributed by atoms with van der Waals surface area (Å²) >= 11 is 6.00. The quantitative estimate of drug-likeness (QED) is 0.525. The second-order valence-electron chi connectivity index (χ2n) is 6.82. The zero-order valence-electron chi connectivity index (χ0n) is 15.6. The molecule has 1 fully saturated rings. The van der Waals surface area contributed by atoms with E-state index in [9.17, 15) is 19.7 Å². The van der Waals surface area contributed by atoms with Gasteiger partial charge in [-0.05, 0) is 44.1 Å². The molecule has 29 heavy (non-hydrogen) atoms. The maximum absolute atomic E-state index is 12.3. The molecule has 2 N–H and O–H groups in total. The van der Waals surface area contributed by atoms with E-state index in [1.165, 1.54) is 18.2 Å². The van der Waals surface area contributed by atoms with Crippen LogP contribution in [0.5, 0.6) is 0 Å². The van der Waals surface area contributed by atoms with Gasteiger partial charge in [-0.1, -0.05) is 11.6 Å². The molecule has 2 amide bonds. The Kier molecular flexibility index (Phi) is 6.84. The Morgan fingerprint density at radius 1 is 1.28 bits per heavy atom. The monoisotopic (exact) mass is 420 g/mol. The fourth-order valence-electron chi connectivity index (χ4n) is 3.20. The van der Waals surface area contributed by atoms with E-state index in [1.54, 1.807) is 18.4 Å². The van der Waals surface area contributed by atoms with Gasteiger partial charge in [0.15, 0.2) is 0 Å². The van der Waals surface area contributed by atoms with Gasteiger partial charge in [0.2, 0.25) is 11.8 Å². The zero-order chi connectivity index (χ0) is 20.8. The van der Waals surface area contributed by atoms with Crippen LogP contribution in [0.2, 0.25) is 5.02 Å². The summed E-state index contributed by atoms with van der Waals surface area (Å²) in [6, 6.07) is 7.47. The lowest BCUT2D eigenvalue weighted by molar-refractivity contribution is -0.384. The highest BCUT2D eigenvalue weighted by Gasteiger charge is 2.26. The molecule has 0 radical (unpaired) electrons. The number of furan rings is 1. The fourth-order valence-corrected chi connectivity index (χ4v) is 3.42. The second-order valence-corrected chi connectivity index (χ2v) is 7.22. The number of nitro groups is 1. The van der Waals surface area contributed by atoms with Crippen LogP contribution in [0.4, 0.5) is 11.4 Å². The minimum Gasteiger partial charge on any atom is -0.467 e. The van der Waals surface area contributed by atoms with Crippen molar-refractivity contribution in [1.29, 1.82) is 0 Å². The van der Waals surface area contributed by atoms with Crippen LogP contribution < -0.4 is 10.6 Å². The number of amides is 2. The summed E-state index contributed by atoms with van der Waals surface area (Å²) in [4.78, 5) is 36.7. The Hall–Kier alpha value is -2.91. The summed E-state index contributed by atoms with van der Waals surface area (Å²) in [7, 11) is 0. The van der Waals surface area contributed by atoms with Crippen molar-refractivity contribution in [2.75, 3.05) is 25.0 Å². The largest absolute Gasteiger partial charge is 0.467 e. The first-order valence-electron chi connectivity index (χ1n) is 9.18. The number of carbonyl (C=O) groups excluding carboxylic acids is 2. The molecule has 9 nitrogen and oxygen atoms in total. The number of rotatable bonds is 7. The van der Waals surface area contributed by atoms with E-state index >= 15 is 0 Å². The first kappa shape index (κ1) is 20.8. The lowest BCUT2D eigenvalue weighted by Gasteiger charge is -2.30. The van der Waals surface area contributed by atoms with Crippen molar-refractivity contribution in [2.45, 2.75) is 19.4 Å². The van der Waals surface area contributed by atoms with Crippen molar-refractivity contribution in [3.05, 3.63) is 57.5 Å². The first-order valence-corrected chi connectivity index (χ1v) is 9.56. The Balaban J connectivity index is 1.42. The average Bonchev–Trinajstić information content (AvgIpc) is 3.21. The summed E-state index contributed by atoms with van der Waals surface area (Å²) in [6.07, 6.45) is 2.89. The highest BCUT2D eigenvalue weighted by Crippen LogP contribution is 2.26. The molecule has 1 aliphatic heterocycles. The van der Waals surface area contributed by atoms with Crippen LogP contribution in [0.25, 0.3) is 0 Å². The maximum atomic E-state index is 12.3. The molecule has 0 atom stereocenters. The first-order chi connectivity index (χ1) is 13.9. The van der Waals surface area contributed by atoms with Crippen molar-refractivity contribution in [1.82, 2.24) is 10.2 Å². The molecule has 1 aliphatic rings. The normalized spacial score (nSPS) is 15.1. The number of hydrogen-bond donors (Lipinski definition) is 2. The number of piperidine rings is 1. The maximum Gasteiger partial charge on any atom is 0.271 e. The molecule has 0 aliphatic carbocycles. The predicted molar refractivity (Wildman–Crippen MR) is 106 cm³/mol. The average molecular weight is 421 g/mol. The van der Waals surface area contributed by atoms with E-state index in [2.05, 4.69) is 10.6 Å². The number of hydrogen-bond acceptors (Lipinski definition) is 6. The Bertz CT molecular complexity index is 879. The Morgan fingerprint density at radius 2 is 2.03 bits per heavy atom. The molecule has 10 heteroatoms. The number of nitrogens with zero attached hydrogens (tertiary/aromatic N) is 2. The lowest BCUT2D eigenvalue weighted by Crippen LogP contribution is -2.43. The molecule has 0 spiro atoms. The molecular formula is C19H21ClN4O5. The molecule has 1 saturated heterocycles. The van der Waals surface area contributed by atoms with Gasteiger partial charge in [-0.3, -0.25) is 24.6 Å². The number of halogens is 1. The molecule has 0 unspecified atom stereocenters. The summed E-state index contributed by atoms with van der Waals surface area (Å²) in [5, 5.41) is 16.4. The van der Waals surface area contributed by atoms with Crippen molar-refractivity contribution < 1.29 is 18.9 Å². The van der Waals surface area contributed by atoms with Crippen LogP contribution >= 0.6 is 11.6 Å². The number of non-ortho nitro benzene ring substituents is 1. The number of likely N-dealkylation sites (tertiary alicyclic amines) is 1. The van der Waals surface area contributed by atoms with Gasteiger partial charge in [0.1, 0.15) is 5.76 Å². The van der Waals surface area contributed by atoms with Gasteiger partial charge in [0, 0.05) is 18.1 Å². The predicted octanol–water partition coefficient (Wildman–Crippen LogP) is 2.81. The van der Waals surface area contributed by atoms with Crippen molar-refractivity contribution >= 4 is 34.8 Å². The van der Waals surface area contributed by atoms with E-state index < -0.39 is 4.92 Å². The van der Waals surface area contributed by atoms with Gasteiger partial charge in [-0.25, -0.2) is 0 Å². The molecule has 0 saturated carbocycles. The second kappa shape index (κ2) is 9.53. The molecule has 2 aromatic rings. The molecule has 1 aromatic carbocycles. The number of anilines is 1. The van der Waals surface area contributed by atoms with Crippen LogP contribution in [0.1, 0.15) is 18.6 Å². The van der Waals surface area contributed by atoms with Crippen LogP contribution in [-0.2, 0) is 16.1 Å². The van der Waals surface area contributed by atoms with E-state index in [1.807, 2.05) is 4.90 Å². The topological polar surface area (TPSA) is 118 Å². The van der Waals surface area contributed by atoms with Crippen LogP contribution in [0, 0.1) is 16.0 Å². The van der Waals surface area contributed by atoms with Gasteiger partial charge in [-0.2, -0.15) is 0 Å². The minimum atomic E-state index is -0.549.